The van der Waals surface area contributed by atoms with Crippen LogP contribution < -0.4 is 5.73 Å². The van der Waals surface area contributed by atoms with E-state index in [4.69, 9.17) is 11.0 Å². The van der Waals surface area contributed by atoms with E-state index in [2.05, 4.69) is 40.7 Å². The lowest BCUT2D eigenvalue weighted by Crippen LogP contribution is -2.12. The molecule has 0 rings (SSSR count). The molecule has 0 bridgehead atoms. The predicted octanol–water partition coefficient (Wildman–Crippen LogP) is 3.21. The van der Waals surface area contributed by atoms with Crippen molar-refractivity contribution in [3.05, 3.63) is 11.3 Å². The van der Waals surface area contributed by atoms with Crippen molar-refractivity contribution in [2.24, 2.45) is 17.1 Å². The number of nitrogens with two attached hydrogens (primary N) is 1. The molecule has 2 N–H and O–H groups in total. The lowest BCUT2D eigenvalue weighted by atomic mass is 9.84. The average molecular weight is 194 g/mol. The lowest BCUT2D eigenvalue weighted by molar-refractivity contribution is 0.396. The summed E-state index contributed by atoms with van der Waals surface area (Å²) in [5, 5.41) is 8.78. The summed E-state index contributed by atoms with van der Waals surface area (Å²) in [4.78, 5) is 0. The highest BCUT2D eigenvalue weighted by atomic mass is 14.6. The Morgan fingerprint density at radius 2 is 1.86 bits per heavy atom. The molecule has 80 valence electrons. The second kappa shape index (κ2) is 5.05. The molecule has 2 heteroatoms. The Bertz CT molecular complexity index is 248. The number of hydrogen-bond donors (Lipinski definition) is 1. The summed E-state index contributed by atoms with van der Waals surface area (Å²) in [6, 6.07) is 2.05. The number of nitrogens with zero attached hydrogens (tertiary/aromatic N) is 1. The topological polar surface area (TPSA) is 49.8 Å². The van der Waals surface area contributed by atoms with Crippen molar-refractivity contribution in [2.45, 2.75) is 47.5 Å². The molecule has 0 spiro atoms. The minimum atomic E-state index is 0.200. The number of rotatable bonds is 3. The Balaban J connectivity index is 4.69. The van der Waals surface area contributed by atoms with Gasteiger partial charge in [0, 0.05) is 0 Å². The van der Waals surface area contributed by atoms with Gasteiger partial charge in [-0.25, -0.2) is 0 Å². The van der Waals surface area contributed by atoms with Crippen molar-refractivity contribution in [3.8, 4) is 6.07 Å². The summed E-state index contributed by atoms with van der Waals surface area (Å²) < 4.78 is 0. The third-order valence-corrected chi connectivity index (χ3v) is 1.90. The van der Waals surface area contributed by atoms with Crippen LogP contribution in [0.2, 0.25) is 0 Å². The normalized spacial score (nSPS) is 13.8. The fraction of sp³-hybridized carbons (Fsp3) is 0.750. The highest BCUT2D eigenvalue weighted by Crippen LogP contribution is 2.28. The predicted molar refractivity (Wildman–Crippen MR) is 60.4 cm³/mol. The van der Waals surface area contributed by atoms with Gasteiger partial charge in [-0.05, 0) is 29.7 Å². The van der Waals surface area contributed by atoms with E-state index in [0.29, 0.717) is 11.6 Å². The van der Waals surface area contributed by atoms with Crippen LogP contribution >= 0.6 is 0 Å². The van der Waals surface area contributed by atoms with Crippen LogP contribution in [0.25, 0.3) is 0 Å². The van der Waals surface area contributed by atoms with Crippen LogP contribution in [-0.4, -0.2) is 0 Å². The Morgan fingerprint density at radius 1 is 1.36 bits per heavy atom. The van der Waals surface area contributed by atoms with Gasteiger partial charge in [-0.1, -0.05) is 34.6 Å². The first-order valence-corrected chi connectivity index (χ1v) is 5.14. The molecular weight excluding hydrogens is 172 g/mol. The lowest BCUT2D eigenvalue weighted by Gasteiger charge is -2.21. The molecule has 0 saturated heterocycles. The standard InChI is InChI=1S/C12H22N2/c1-9(2)6-10(11(14)8-13)7-12(3,4)5/h9H,6-7,14H2,1-5H3/b11-10-. The van der Waals surface area contributed by atoms with Crippen LogP contribution in [0.5, 0.6) is 0 Å². The largest absolute Gasteiger partial charge is 0.390 e. The number of nitriles is 1. The molecule has 0 fully saturated rings. The minimum Gasteiger partial charge on any atom is -0.390 e. The molecule has 14 heavy (non-hydrogen) atoms. The smallest absolute Gasteiger partial charge is 0.117 e. The fourth-order valence-electron chi connectivity index (χ4n) is 1.49. The van der Waals surface area contributed by atoms with Crippen LogP contribution in [0.15, 0.2) is 11.3 Å². The molecule has 0 radical (unpaired) electrons. The van der Waals surface area contributed by atoms with Gasteiger partial charge in [0.15, 0.2) is 0 Å². The molecule has 2 nitrogen and oxygen atoms in total. The molecule has 0 aromatic rings. The SMILES string of the molecule is CC(C)C/C(CC(C)(C)C)=C(/N)C#N. The van der Waals surface area contributed by atoms with Gasteiger partial charge in [0.2, 0.25) is 0 Å². The van der Waals surface area contributed by atoms with E-state index in [1.165, 1.54) is 0 Å². The third kappa shape index (κ3) is 5.64. The molecule has 0 saturated carbocycles. The maximum atomic E-state index is 8.78. The monoisotopic (exact) mass is 194 g/mol. The van der Waals surface area contributed by atoms with Gasteiger partial charge in [-0.2, -0.15) is 5.26 Å². The van der Waals surface area contributed by atoms with Crippen molar-refractivity contribution in [2.75, 3.05) is 0 Å². The molecule has 0 aliphatic rings. The van der Waals surface area contributed by atoms with E-state index in [0.717, 1.165) is 18.4 Å². The van der Waals surface area contributed by atoms with Crippen LogP contribution in [0.4, 0.5) is 0 Å². The van der Waals surface area contributed by atoms with Gasteiger partial charge in [-0.3, -0.25) is 0 Å². The second-order valence-corrected chi connectivity index (χ2v) is 5.46. The Kier molecular flexibility index (Phi) is 4.70. The van der Waals surface area contributed by atoms with Gasteiger partial charge in [0.1, 0.15) is 11.8 Å². The van der Waals surface area contributed by atoms with Crippen LogP contribution in [0.1, 0.15) is 47.5 Å². The van der Waals surface area contributed by atoms with Crippen molar-refractivity contribution in [1.82, 2.24) is 0 Å². The number of allylic oxidation sites excluding steroid dienone is 2. The van der Waals surface area contributed by atoms with Gasteiger partial charge >= 0.3 is 0 Å². The fourth-order valence-corrected chi connectivity index (χ4v) is 1.49. The second-order valence-electron chi connectivity index (χ2n) is 5.46. The van der Waals surface area contributed by atoms with Crippen LogP contribution in [-0.2, 0) is 0 Å². The van der Waals surface area contributed by atoms with Crippen molar-refractivity contribution in [3.63, 3.8) is 0 Å². The summed E-state index contributed by atoms with van der Waals surface area (Å²) in [5.74, 6) is 0.555. The molecule has 0 unspecified atom stereocenters. The maximum absolute atomic E-state index is 8.78. The summed E-state index contributed by atoms with van der Waals surface area (Å²) >= 11 is 0. The van der Waals surface area contributed by atoms with E-state index in [-0.39, 0.29) is 5.41 Å². The number of hydrogen-bond acceptors (Lipinski definition) is 2. The van der Waals surface area contributed by atoms with Crippen molar-refractivity contribution in [1.29, 1.82) is 5.26 Å². The Hall–Kier alpha value is -0.970. The van der Waals surface area contributed by atoms with Crippen LogP contribution in [0.3, 0.4) is 0 Å². The maximum Gasteiger partial charge on any atom is 0.117 e. The van der Waals surface area contributed by atoms with E-state index in [1.54, 1.807) is 0 Å². The van der Waals surface area contributed by atoms with Crippen molar-refractivity contribution >= 4 is 0 Å². The van der Waals surface area contributed by atoms with E-state index in [1.807, 2.05) is 0 Å². The summed E-state index contributed by atoms with van der Waals surface area (Å²) in [6.07, 6.45) is 1.83. The molecule has 0 aromatic carbocycles. The zero-order valence-corrected chi connectivity index (χ0v) is 10.0. The van der Waals surface area contributed by atoms with Gasteiger partial charge in [-0.15, -0.1) is 0 Å². The van der Waals surface area contributed by atoms with E-state index >= 15 is 0 Å². The molecule has 0 aliphatic carbocycles. The first-order chi connectivity index (χ1) is 6.26. The summed E-state index contributed by atoms with van der Waals surface area (Å²) in [7, 11) is 0. The van der Waals surface area contributed by atoms with Gasteiger partial charge in [0.05, 0.1) is 0 Å². The van der Waals surface area contributed by atoms with Crippen molar-refractivity contribution < 1.29 is 0 Å². The molecule has 0 aromatic heterocycles. The summed E-state index contributed by atoms with van der Waals surface area (Å²) in [6.45, 7) is 10.8. The minimum absolute atomic E-state index is 0.200. The molecule has 0 atom stereocenters. The first kappa shape index (κ1) is 13.0. The summed E-state index contributed by atoms with van der Waals surface area (Å²) in [5.41, 5.74) is 7.41. The highest BCUT2D eigenvalue weighted by molar-refractivity contribution is 5.25. The quantitative estimate of drug-likeness (QED) is 0.701. The third-order valence-electron chi connectivity index (χ3n) is 1.90. The average Bonchev–Trinajstić information content (AvgIpc) is 1.98. The first-order valence-electron chi connectivity index (χ1n) is 5.14. The zero-order chi connectivity index (χ0) is 11.4. The van der Waals surface area contributed by atoms with Gasteiger partial charge < -0.3 is 5.73 Å². The molecule has 0 aliphatic heterocycles. The van der Waals surface area contributed by atoms with E-state index in [9.17, 15) is 0 Å². The molecular formula is C12H22N2. The molecule has 0 heterocycles. The van der Waals surface area contributed by atoms with Crippen LogP contribution in [0, 0.1) is 22.7 Å². The van der Waals surface area contributed by atoms with Gasteiger partial charge in [0.25, 0.3) is 0 Å². The highest BCUT2D eigenvalue weighted by Gasteiger charge is 2.16. The Labute approximate surface area is 87.8 Å². The molecule has 0 amide bonds. The van der Waals surface area contributed by atoms with E-state index < -0.39 is 0 Å². The Morgan fingerprint density at radius 3 is 2.14 bits per heavy atom. The zero-order valence-electron chi connectivity index (χ0n) is 10.0.